The van der Waals surface area contributed by atoms with Crippen LogP contribution in [0, 0.1) is 5.92 Å². The van der Waals surface area contributed by atoms with Crippen molar-refractivity contribution in [2.45, 2.75) is 39.0 Å². The number of rotatable bonds is 7. The van der Waals surface area contributed by atoms with Crippen molar-refractivity contribution in [3.8, 4) is 0 Å². The van der Waals surface area contributed by atoms with Crippen molar-refractivity contribution < 1.29 is 14.3 Å². The number of ether oxygens (including phenoxy) is 1. The summed E-state index contributed by atoms with van der Waals surface area (Å²) in [5, 5.41) is 17.1. The third-order valence-electron chi connectivity index (χ3n) is 5.34. The Hall–Kier alpha value is -3.01. The molecule has 2 heterocycles. The highest BCUT2D eigenvalue weighted by Gasteiger charge is 2.38. The Bertz CT molecular complexity index is 1170. The fraction of sp³-hybridized carbons (Fsp3) is 0.348. The van der Waals surface area contributed by atoms with Crippen LogP contribution in [0.3, 0.4) is 0 Å². The summed E-state index contributed by atoms with van der Waals surface area (Å²) < 4.78 is 6.35. The molecule has 11 heteroatoms. The van der Waals surface area contributed by atoms with Crippen molar-refractivity contribution in [1.29, 1.82) is 0 Å². The minimum Gasteiger partial charge on any atom is -0.355 e. The molecule has 0 bridgehead atoms. The molecule has 4 rings (SSSR count). The van der Waals surface area contributed by atoms with Gasteiger partial charge >= 0.3 is 0 Å². The van der Waals surface area contributed by atoms with Gasteiger partial charge in [0, 0.05) is 33.4 Å². The van der Waals surface area contributed by atoms with Crippen LogP contribution in [0.1, 0.15) is 43.3 Å². The average molecular weight is 503 g/mol. The van der Waals surface area contributed by atoms with Crippen molar-refractivity contribution in [1.82, 2.24) is 25.9 Å². The second kappa shape index (κ2) is 10.5. The van der Waals surface area contributed by atoms with Crippen LogP contribution in [0.25, 0.3) is 0 Å². The van der Waals surface area contributed by atoms with Gasteiger partial charge in [0.25, 0.3) is 5.91 Å². The van der Waals surface area contributed by atoms with Gasteiger partial charge in [-0.3, -0.25) is 9.59 Å². The lowest BCUT2D eigenvalue weighted by Gasteiger charge is -2.26. The number of carbonyl (C=O) groups is 2. The number of hydrogen-bond acceptors (Lipinski definition) is 6. The zero-order valence-electron chi connectivity index (χ0n) is 18.7. The summed E-state index contributed by atoms with van der Waals surface area (Å²) >= 11 is 12.9. The molecule has 0 saturated heterocycles. The molecule has 178 valence electrons. The van der Waals surface area contributed by atoms with E-state index in [2.05, 4.69) is 25.9 Å². The first-order valence-electron chi connectivity index (χ1n) is 10.8. The van der Waals surface area contributed by atoms with Crippen LogP contribution in [-0.2, 0) is 20.9 Å². The van der Waals surface area contributed by atoms with Crippen molar-refractivity contribution in [2.24, 2.45) is 5.92 Å². The second-order valence-corrected chi connectivity index (χ2v) is 9.22. The van der Waals surface area contributed by atoms with Gasteiger partial charge in [0.15, 0.2) is 5.82 Å². The van der Waals surface area contributed by atoms with Crippen LogP contribution in [0.15, 0.2) is 42.5 Å². The average Bonchev–Trinajstić information content (AvgIpc) is 3.30. The minimum atomic E-state index is -1.04. The van der Waals surface area contributed by atoms with E-state index in [1.807, 2.05) is 38.1 Å². The van der Waals surface area contributed by atoms with Crippen molar-refractivity contribution >= 4 is 40.7 Å². The first kappa shape index (κ1) is 24.1. The van der Waals surface area contributed by atoms with E-state index in [4.69, 9.17) is 27.9 Å². The SMILES string of the molecule is CC(C)CN1C(=O)C(CC(=O)NCc2nn[nH]n2)OC(c2ccccc2Cl)c2cc(Cl)ccc21. The van der Waals surface area contributed by atoms with Crippen LogP contribution < -0.4 is 10.2 Å². The number of aromatic nitrogens is 4. The Labute approximate surface area is 206 Å². The molecule has 9 nitrogen and oxygen atoms in total. The number of carbonyl (C=O) groups excluding carboxylic acids is 2. The maximum absolute atomic E-state index is 13.7. The fourth-order valence-corrected chi connectivity index (χ4v) is 4.28. The number of amides is 2. The smallest absolute Gasteiger partial charge is 0.256 e. The lowest BCUT2D eigenvalue weighted by atomic mass is 9.99. The summed E-state index contributed by atoms with van der Waals surface area (Å²) in [6, 6.07) is 12.6. The number of halogens is 2. The number of hydrogen-bond donors (Lipinski definition) is 2. The predicted octanol–water partition coefficient (Wildman–Crippen LogP) is 3.69. The highest BCUT2D eigenvalue weighted by Crippen LogP contribution is 2.42. The molecule has 0 saturated carbocycles. The molecule has 1 aromatic heterocycles. The van der Waals surface area contributed by atoms with E-state index in [-0.39, 0.29) is 30.7 Å². The molecule has 2 atom stereocenters. The maximum atomic E-state index is 13.7. The topological polar surface area (TPSA) is 113 Å². The van der Waals surface area contributed by atoms with E-state index in [0.29, 0.717) is 39.2 Å². The van der Waals surface area contributed by atoms with Crippen molar-refractivity contribution in [3.05, 3.63) is 69.5 Å². The Morgan fingerprint density at radius 3 is 2.71 bits per heavy atom. The number of nitrogens with zero attached hydrogens (tertiary/aromatic N) is 4. The third kappa shape index (κ3) is 5.38. The lowest BCUT2D eigenvalue weighted by Crippen LogP contribution is -2.43. The largest absolute Gasteiger partial charge is 0.355 e. The number of H-pyrrole nitrogens is 1. The molecule has 0 spiro atoms. The Morgan fingerprint density at radius 2 is 2.00 bits per heavy atom. The van der Waals surface area contributed by atoms with Gasteiger partial charge in [0.05, 0.1) is 13.0 Å². The van der Waals surface area contributed by atoms with Gasteiger partial charge < -0.3 is 15.0 Å². The van der Waals surface area contributed by atoms with E-state index < -0.39 is 12.2 Å². The highest BCUT2D eigenvalue weighted by atomic mass is 35.5. The Kier molecular flexibility index (Phi) is 7.45. The fourth-order valence-electron chi connectivity index (χ4n) is 3.86. The molecule has 3 aromatic rings. The van der Waals surface area contributed by atoms with Gasteiger partial charge in [-0.15, -0.1) is 10.2 Å². The van der Waals surface area contributed by atoms with Gasteiger partial charge in [0.2, 0.25) is 5.91 Å². The number of fused-ring (bicyclic) bond motifs is 1. The number of anilines is 1. The zero-order valence-corrected chi connectivity index (χ0v) is 20.2. The lowest BCUT2D eigenvalue weighted by molar-refractivity contribution is -0.138. The van der Waals surface area contributed by atoms with Crippen LogP contribution in [0.2, 0.25) is 10.0 Å². The molecule has 2 amide bonds. The van der Waals surface area contributed by atoms with Crippen LogP contribution in [-0.4, -0.2) is 45.1 Å². The highest BCUT2D eigenvalue weighted by molar-refractivity contribution is 6.31. The van der Waals surface area contributed by atoms with Gasteiger partial charge in [-0.25, -0.2) is 0 Å². The first-order valence-corrected chi connectivity index (χ1v) is 11.6. The number of aromatic amines is 1. The minimum absolute atomic E-state index is 0.0791. The number of benzene rings is 2. The first-order chi connectivity index (χ1) is 16.3. The van der Waals surface area contributed by atoms with Crippen LogP contribution in [0.4, 0.5) is 5.69 Å². The summed E-state index contributed by atoms with van der Waals surface area (Å²) in [6.07, 6.45) is -1.93. The van der Waals surface area contributed by atoms with Gasteiger partial charge in [-0.1, -0.05) is 60.5 Å². The van der Waals surface area contributed by atoms with Gasteiger partial charge in [-0.2, -0.15) is 5.21 Å². The second-order valence-electron chi connectivity index (χ2n) is 8.38. The molecular formula is C23H24Cl2N6O3. The van der Waals surface area contributed by atoms with E-state index in [9.17, 15) is 9.59 Å². The third-order valence-corrected chi connectivity index (χ3v) is 5.92. The molecule has 0 aliphatic carbocycles. The molecule has 1 aliphatic rings. The van der Waals surface area contributed by atoms with Crippen molar-refractivity contribution in [2.75, 3.05) is 11.4 Å². The van der Waals surface area contributed by atoms with E-state index >= 15 is 0 Å². The molecule has 1 aliphatic heterocycles. The van der Waals surface area contributed by atoms with Crippen molar-refractivity contribution in [3.63, 3.8) is 0 Å². The Morgan fingerprint density at radius 1 is 1.21 bits per heavy atom. The quantitative estimate of drug-likeness (QED) is 0.509. The van der Waals surface area contributed by atoms with Crippen LogP contribution in [0.5, 0.6) is 0 Å². The Balaban J connectivity index is 1.71. The normalized spacial score (nSPS) is 18.0. The van der Waals surface area contributed by atoms with Gasteiger partial charge in [-0.05, 0) is 30.2 Å². The summed E-state index contributed by atoms with van der Waals surface area (Å²) in [4.78, 5) is 28.1. The molecule has 0 fully saturated rings. The summed E-state index contributed by atoms with van der Waals surface area (Å²) in [7, 11) is 0. The van der Waals surface area contributed by atoms with E-state index in [0.717, 1.165) is 0 Å². The van der Waals surface area contributed by atoms with Gasteiger partial charge in [0.1, 0.15) is 12.2 Å². The maximum Gasteiger partial charge on any atom is 0.256 e. The number of nitrogens with one attached hydrogen (secondary N) is 2. The predicted molar refractivity (Wildman–Crippen MR) is 127 cm³/mol. The molecule has 2 N–H and O–H groups in total. The monoisotopic (exact) mass is 502 g/mol. The summed E-state index contributed by atoms with van der Waals surface area (Å²) in [5.74, 6) is -0.174. The van der Waals surface area contributed by atoms with Crippen LogP contribution >= 0.6 is 23.2 Å². The zero-order chi connectivity index (χ0) is 24.2. The van der Waals surface area contributed by atoms with E-state index in [1.165, 1.54) is 0 Å². The molecular weight excluding hydrogens is 479 g/mol. The molecule has 2 aromatic carbocycles. The number of tetrazole rings is 1. The standard InChI is InChI=1S/C23H24Cl2N6O3/c1-13(2)12-31-18-8-7-14(24)9-16(18)22(15-5-3-4-6-17(15)25)34-19(23(31)33)10-21(32)26-11-20-27-29-30-28-20/h3-9,13,19,22H,10-12H2,1-2H3,(H,26,32)(H,27,28,29,30). The molecule has 0 radical (unpaired) electrons. The molecule has 2 unspecified atom stereocenters. The molecule has 34 heavy (non-hydrogen) atoms. The van der Waals surface area contributed by atoms with E-state index in [1.54, 1.807) is 23.1 Å². The summed E-state index contributed by atoms with van der Waals surface area (Å²) in [5.41, 5.74) is 2.08. The summed E-state index contributed by atoms with van der Waals surface area (Å²) in [6.45, 7) is 4.57.